The number of anilines is 3. The molecule has 1 fully saturated rings. The Bertz CT molecular complexity index is 2650. The summed E-state index contributed by atoms with van der Waals surface area (Å²) in [5, 5.41) is 7.59. The van der Waals surface area contributed by atoms with Gasteiger partial charge in [0.1, 0.15) is 0 Å². The van der Waals surface area contributed by atoms with Gasteiger partial charge in [-0.25, -0.2) is 0 Å². The third-order valence-corrected chi connectivity index (χ3v) is 12.2. The van der Waals surface area contributed by atoms with Gasteiger partial charge in [0.05, 0.1) is 5.69 Å². The van der Waals surface area contributed by atoms with Crippen LogP contribution in [0, 0.1) is 0 Å². The Kier molecular flexibility index (Phi) is 7.32. The summed E-state index contributed by atoms with van der Waals surface area (Å²) >= 11 is 0. The summed E-state index contributed by atoms with van der Waals surface area (Å²) in [6.45, 7) is 4.76. The third-order valence-electron chi connectivity index (χ3n) is 12.2. The number of benzene rings is 8. The maximum atomic E-state index is 2.55. The van der Waals surface area contributed by atoms with Crippen molar-refractivity contribution in [3.63, 3.8) is 0 Å². The quantitative estimate of drug-likeness (QED) is 0.176. The Hall–Kier alpha value is -5.66. The average Bonchev–Trinajstić information content (AvgIpc) is 3.43. The van der Waals surface area contributed by atoms with Gasteiger partial charge in [0, 0.05) is 27.7 Å². The second-order valence-electron chi connectivity index (χ2n) is 15.6. The molecule has 0 spiro atoms. The molecule has 10 rings (SSSR count). The second-order valence-corrected chi connectivity index (χ2v) is 15.6. The highest BCUT2D eigenvalue weighted by Crippen LogP contribution is 2.52. The maximum Gasteiger partial charge on any atom is 0.0618 e. The van der Waals surface area contributed by atoms with Crippen LogP contribution in [0.3, 0.4) is 0 Å². The first-order chi connectivity index (χ1) is 25.5. The molecular weight excluding hydrogens is 627 g/mol. The molecule has 0 radical (unpaired) electrons. The molecule has 8 aromatic rings. The van der Waals surface area contributed by atoms with Gasteiger partial charge in [-0.1, -0.05) is 167 Å². The fraction of sp³-hybridized carbons (Fsp3) is 0.176. The van der Waals surface area contributed by atoms with Crippen LogP contribution in [0.5, 0.6) is 0 Å². The van der Waals surface area contributed by atoms with E-state index in [1.165, 1.54) is 120 Å². The first kappa shape index (κ1) is 31.1. The zero-order valence-electron chi connectivity index (χ0n) is 30.1. The van der Waals surface area contributed by atoms with E-state index >= 15 is 0 Å². The van der Waals surface area contributed by atoms with Gasteiger partial charge in [0.2, 0.25) is 0 Å². The van der Waals surface area contributed by atoms with E-state index in [1.807, 2.05) is 0 Å². The molecule has 2 aliphatic carbocycles. The van der Waals surface area contributed by atoms with E-state index in [4.69, 9.17) is 0 Å². The highest BCUT2D eigenvalue weighted by atomic mass is 15.1. The Morgan fingerprint density at radius 1 is 0.442 bits per heavy atom. The summed E-state index contributed by atoms with van der Waals surface area (Å²) in [5.41, 5.74) is 12.9. The topological polar surface area (TPSA) is 3.24 Å². The van der Waals surface area contributed by atoms with Crippen molar-refractivity contribution < 1.29 is 0 Å². The summed E-state index contributed by atoms with van der Waals surface area (Å²) in [6, 6.07) is 59.6. The van der Waals surface area contributed by atoms with Gasteiger partial charge in [0.15, 0.2) is 0 Å². The Labute approximate surface area is 307 Å². The molecule has 1 heteroatoms. The molecule has 0 saturated heterocycles. The number of hydrogen-bond donors (Lipinski definition) is 0. The lowest BCUT2D eigenvalue weighted by molar-refractivity contribution is 0.444. The first-order valence-electron chi connectivity index (χ1n) is 19.1. The third kappa shape index (κ3) is 4.98. The Morgan fingerprint density at radius 2 is 1.04 bits per heavy atom. The SMILES string of the molecule is CC1(C)c2ccccc2-c2ccc(N(c3ccc4cc(C5CCCCC5)ccc4c3)c3c(-c4cccc5ccccc45)ccc4ccccc34)cc21. The van der Waals surface area contributed by atoms with E-state index in [2.05, 4.69) is 176 Å². The predicted octanol–water partition coefficient (Wildman–Crippen LogP) is 14.6. The van der Waals surface area contributed by atoms with Crippen LogP contribution in [0.1, 0.15) is 68.6 Å². The van der Waals surface area contributed by atoms with Crippen LogP contribution in [0.4, 0.5) is 17.1 Å². The van der Waals surface area contributed by atoms with E-state index in [9.17, 15) is 0 Å². The zero-order valence-corrected chi connectivity index (χ0v) is 30.1. The lowest BCUT2D eigenvalue weighted by atomic mass is 9.82. The number of rotatable bonds is 5. The van der Waals surface area contributed by atoms with Crippen molar-refractivity contribution >= 4 is 49.4 Å². The lowest BCUT2D eigenvalue weighted by Gasteiger charge is -2.31. The van der Waals surface area contributed by atoms with Crippen LogP contribution >= 0.6 is 0 Å². The molecule has 0 amide bonds. The van der Waals surface area contributed by atoms with Crippen molar-refractivity contribution in [2.45, 2.75) is 57.3 Å². The summed E-state index contributed by atoms with van der Waals surface area (Å²) < 4.78 is 0. The molecular formula is C51H43N. The number of fused-ring (bicyclic) bond motifs is 6. The van der Waals surface area contributed by atoms with Crippen molar-refractivity contribution in [3.05, 3.63) is 174 Å². The smallest absolute Gasteiger partial charge is 0.0618 e. The van der Waals surface area contributed by atoms with Crippen LogP contribution < -0.4 is 4.90 Å². The molecule has 0 bridgehead atoms. The highest BCUT2D eigenvalue weighted by molar-refractivity contribution is 6.10. The maximum absolute atomic E-state index is 2.55. The minimum atomic E-state index is -0.107. The van der Waals surface area contributed by atoms with E-state index in [1.54, 1.807) is 0 Å². The van der Waals surface area contributed by atoms with Crippen molar-refractivity contribution in [1.82, 2.24) is 0 Å². The summed E-state index contributed by atoms with van der Waals surface area (Å²) in [5.74, 6) is 0.687. The van der Waals surface area contributed by atoms with E-state index in [0.717, 1.165) is 0 Å². The fourth-order valence-electron chi connectivity index (χ4n) is 9.49. The monoisotopic (exact) mass is 669 g/mol. The van der Waals surface area contributed by atoms with E-state index in [0.29, 0.717) is 5.92 Å². The molecule has 0 aliphatic heterocycles. The van der Waals surface area contributed by atoms with Gasteiger partial charge >= 0.3 is 0 Å². The van der Waals surface area contributed by atoms with Crippen molar-refractivity contribution in [3.8, 4) is 22.3 Å². The summed E-state index contributed by atoms with van der Waals surface area (Å²) in [6.07, 6.45) is 6.71. The van der Waals surface area contributed by atoms with Gasteiger partial charge in [-0.3, -0.25) is 0 Å². The van der Waals surface area contributed by atoms with Gasteiger partial charge < -0.3 is 4.90 Å². The predicted molar refractivity (Wildman–Crippen MR) is 222 cm³/mol. The van der Waals surface area contributed by atoms with Gasteiger partial charge in [-0.05, 0) is 103 Å². The van der Waals surface area contributed by atoms with Crippen LogP contribution in [0.25, 0.3) is 54.6 Å². The lowest BCUT2D eigenvalue weighted by Crippen LogP contribution is -2.17. The van der Waals surface area contributed by atoms with Gasteiger partial charge in [-0.15, -0.1) is 0 Å². The van der Waals surface area contributed by atoms with E-state index < -0.39 is 0 Å². The van der Waals surface area contributed by atoms with Crippen molar-refractivity contribution in [1.29, 1.82) is 0 Å². The molecule has 252 valence electrons. The molecule has 1 saturated carbocycles. The minimum Gasteiger partial charge on any atom is -0.309 e. The number of nitrogens with zero attached hydrogens (tertiary/aromatic N) is 1. The van der Waals surface area contributed by atoms with Crippen molar-refractivity contribution in [2.75, 3.05) is 4.90 Å². The fourth-order valence-corrected chi connectivity index (χ4v) is 9.49. The molecule has 0 heterocycles. The highest BCUT2D eigenvalue weighted by Gasteiger charge is 2.36. The molecule has 2 aliphatic rings. The normalized spacial score (nSPS) is 15.2. The minimum absolute atomic E-state index is 0.107. The summed E-state index contributed by atoms with van der Waals surface area (Å²) in [7, 11) is 0. The average molecular weight is 670 g/mol. The van der Waals surface area contributed by atoms with Crippen LogP contribution in [0.15, 0.2) is 158 Å². The second kappa shape index (κ2) is 12.2. The van der Waals surface area contributed by atoms with Crippen LogP contribution in [-0.2, 0) is 5.41 Å². The Balaban J connectivity index is 1.23. The van der Waals surface area contributed by atoms with Crippen molar-refractivity contribution in [2.24, 2.45) is 0 Å². The molecule has 0 aromatic heterocycles. The van der Waals surface area contributed by atoms with Gasteiger partial charge in [0.25, 0.3) is 0 Å². The van der Waals surface area contributed by atoms with E-state index in [-0.39, 0.29) is 5.41 Å². The summed E-state index contributed by atoms with van der Waals surface area (Å²) in [4.78, 5) is 2.55. The van der Waals surface area contributed by atoms with Crippen LogP contribution in [0.2, 0.25) is 0 Å². The standard InChI is InChI=1S/C51H43N/c1-51(2)48-22-11-10-20-45(48)46-30-28-41(33-49(46)51)52(40-27-25-38-31-37(23-24-39(38)32-40)34-13-4-3-5-14-34)50-43-19-9-7-16-36(43)26-29-47(50)44-21-12-17-35-15-6-8-18-42(35)44/h6-12,15-34H,3-5,13-14H2,1-2H3. The molecule has 8 aromatic carbocycles. The first-order valence-corrected chi connectivity index (χ1v) is 19.1. The van der Waals surface area contributed by atoms with Gasteiger partial charge in [-0.2, -0.15) is 0 Å². The Morgan fingerprint density at radius 3 is 1.90 bits per heavy atom. The zero-order chi connectivity index (χ0) is 34.8. The molecule has 52 heavy (non-hydrogen) atoms. The molecule has 0 N–H and O–H groups in total. The molecule has 1 nitrogen and oxygen atoms in total. The largest absolute Gasteiger partial charge is 0.309 e. The van der Waals surface area contributed by atoms with Crippen LogP contribution in [-0.4, -0.2) is 0 Å². The molecule has 0 atom stereocenters. The number of hydrogen-bond acceptors (Lipinski definition) is 1. The molecule has 0 unspecified atom stereocenters.